The van der Waals surface area contributed by atoms with Crippen LogP contribution in [0.15, 0.2) is 18.2 Å². The fourth-order valence-corrected chi connectivity index (χ4v) is 1.28. The summed E-state index contributed by atoms with van der Waals surface area (Å²) in [5.41, 5.74) is -0.267. The SMILES string of the molecule is O=C(CBr)Nc1cc(C(=O)O)cc(C(=O)O)c1. The van der Waals surface area contributed by atoms with E-state index >= 15 is 0 Å². The van der Waals surface area contributed by atoms with Crippen molar-refractivity contribution >= 4 is 39.5 Å². The van der Waals surface area contributed by atoms with Gasteiger partial charge in [0.05, 0.1) is 16.5 Å². The lowest BCUT2D eigenvalue weighted by Gasteiger charge is -2.06. The molecule has 0 bridgehead atoms. The van der Waals surface area contributed by atoms with Crippen molar-refractivity contribution < 1.29 is 24.6 Å². The Balaban J connectivity index is 3.16. The minimum absolute atomic E-state index is 0.0344. The van der Waals surface area contributed by atoms with E-state index in [9.17, 15) is 14.4 Å². The smallest absolute Gasteiger partial charge is 0.335 e. The molecule has 0 aliphatic rings. The maximum Gasteiger partial charge on any atom is 0.335 e. The Morgan fingerprint density at radius 1 is 1.06 bits per heavy atom. The number of anilines is 1. The Kier molecular flexibility index (Phi) is 4.22. The highest BCUT2D eigenvalue weighted by Crippen LogP contribution is 2.15. The van der Waals surface area contributed by atoms with Gasteiger partial charge in [-0.05, 0) is 18.2 Å². The van der Waals surface area contributed by atoms with Crippen LogP contribution in [0.3, 0.4) is 0 Å². The van der Waals surface area contributed by atoms with Crippen LogP contribution in [0, 0.1) is 0 Å². The molecule has 0 unspecified atom stereocenters. The number of nitrogens with one attached hydrogen (secondary N) is 1. The Morgan fingerprint density at radius 3 is 1.88 bits per heavy atom. The number of carboxylic acid groups (broad SMARTS) is 2. The number of halogens is 1. The summed E-state index contributed by atoms with van der Waals surface area (Å²) in [6.45, 7) is 0. The van der Waals surface area contributed by atoms with E-state index in [4.69, 9.17) is 10.2 Å². The van der Waals surface area contributed by atoms with Crippen LogP contribution < -0.4 is 5.32 Å². The number of hydrogen-bond donors (Lipinski definition) is 3. The van der Waals surface area contributed by atoms with Gasteiger partial charge in [0, 0.05) is 5.69 Å². The second-order valence-electron chi connectivity index (χ2n) is 3.09. The van der Waals surface area contributed by atoms with E-state index in [1.54, 1.807) is 0 Å². The number of carboxylic acids is 2. The normalized spacial score (nSPS) is 9.71. The van der Waals surface area contributed by atoms with Crippen LogP contribution in [-0.4, -0.2) is 33.4 Å². The molecule has 1 aromatic carbocycles. The second-order valence-corrected chi connectivity index (χ2v) is 3.65. The van der Waals surface area contributed by atoms with Gasteiger partial charge in [-0.2, -0.15) is 0 Å². The largest absolute Gasteiger partial charge is 0.478 e. The summed E-state index contributed by atoms with van der Waals surface area (Å²) in [6.07, 6.45) is 0. The number of rotatable bonds is 4. The molecule has 0 heterocycles. The summed E-state index contributed by atoms with van der Waals surface area (Å²) >= 11 is 2.92. The lowest BCUT2D eigenvalue weighted by atomic mass is 10.1. The highest BCUT2D eigenvalue weighted by Gasteiger charge is 2.12. The maximum absolute atomic E-state index is 11.1. The first-order valence-electron chi connectivity index (χ1n) is 4.41. The molecule has 90 valence electrons. The summed E-state index contributed by atoms with van der Waals surface area (Å²) in [7, 11) is 0. The van der Waals surface area contributed by atoms with Crippen molar-refractivity contribution in [1.82, 2.24) is 0 Å². The van der Waals surface area contributed by atoms with E-state index in [0.717, 1.165) is 6.07 Å². The van der Waals surface area contributed by atoms with Crippen LogP contribution in [0.25, 0.3) is 0 Å². The summed E-state index contributed by atoms with van der Waals surface area (Å²) in [4.78, 5) is 32.6. The molecule has 0 aromatic heterocycles. The summed E-state index contributed by atoms with van der Waals surface area (Å²) in [5.74, 6) is -2.92. The van der Waals surface area contributed by atoms with Gasteiger partial charge in [0.2, 0.25) is 5.91 Å². The zero-order chi connectivity index (χ0) is 13.0. The summed E-state index contributed by atoms with van der Waals surface area (Å²) < 4.78 is 0. The van der Waals surface area contributed by atoms with Gasteiger partial charge >= 0.3 is 11.9 Å². The molecule has 0 saturated carbocycles. The van der Waals surface area contributed by atoms with Crippen LogP contribution in [0.5, 0.6) is 0 Å². The van der Waals surface area contributed by atoms with Crippen molar-refractivity contribution in [1.29, 1.82) is 0 Å². The van der Waals surface area contributed by atoms with Gasteiger partial charge in [-0.1, -0.05) is 15.9 Å². The molecule has 0 spiro atoms. The maximum atomic E-state index is 11.1. The van der Waals surface area contributed by atoms with E-state index in [0.29, 0.717) is 0 Å². The first-order chi connectivity index (χ1) is 7.93. The van der Waals surface area contributed by atoms with Crippen molar-refractivity contribution in [2.24, 2.45) is 0 Å². The quantitative estimate of drug-likeness (QED) is 0.730. The van der Waals surface area contributed by atoms with Gasteiger partial charge in [-0.3, -0.25) is 4.79 Å². The Morgan fingerprint density at radius 2 is 1.53 bits per heavy atom. The number of amides is 1. The average molecular weight is 302 g/mol. The Hall–Kier alpha value is -1.89. The second kappa shape index (κ2) is 5.44. The van der Waals surface area contributed by atoms with Crippen LogP contribution in [-0.2, 0) is 4.79 Å². The van der Waals surface area contributed by atoms with Crippen LogP contribution >= 0.6 is 15.9 Å². The Labute approximate surface area is 104 Å². The lowest BCUT2D eigenvalue weighted by molar-refractivity contribution is -0.113. The van der Waals surface area contributed by atoms with Crippen molar-refractivity contribution in [3.63, 3.8) is 0 Å². The van der Waals surface area contributed by atoms with Crippen LogP contribution in [0.4, 0.5) is 5.69 Å². The number of carbonyl (C=O) groups excluding carboxylic acids is 1. The fourth-order valence-electron chi connectivity index (χ4n) is 1.14. The molecule has 0 radical (unpaired) electrons. The van der Waals surface area contributed by atoms with Gasteiger partial charge in [0.15, 0.2) is 0 Å². The minimum Gasteiger partial charge on any atom is -0.478 e. The molecule has 0 aliphatic heterocycles. The number of hydrogen-bond acceptors (Lipinski definition) is 3. The highest BCUT2D eigenvalue weighted by molar-refractivity contribution is 9.09. The minimum atomic E-state index is -1.26. The third-order valence-electron chi connectivity index (χ3n) is 1.83. The molecule has 1 aromatic rings. The topological polar surface area (TPSA) is 104 Å². The molecule has 0 fully saturated rings. The van der Waals surface area contributed by atoms with E-state index in [2.05, 4.69) is 21.2 Å². The van der Waals surface area contributed by atoms with Crippen molar-refractivity contribution in [2.75, 3.05) is 10.6 Å². The van der Waals surface area contributed by atoms with E-state index in [-0.39, 0.29) is 22.1 Å². The predicted octanol–water partition coefficient (Wildman–Crippen LogP) is 1.42. The van der Waals surface area contributed by atoms with E-state index < -0.39 is 17.8 Å². The number of alkyl halides is 1. The zero-order valence-corrected chi connectivity index (χ0v) is 10.0. The number of carbonyl (C=O) groups is 3. The van der Waals surface area contributed by atoms with Gasteiger partial charge in [0.1, 0.15) is 0 Å². The number of aromatic carboxylic acids is 2. The predicted molar refractivity (Wildman–Crippen MR) is 62.8 cm³/mol. The number of benzene rings is 1. The van der Waals surface area contributed by atoms with Crippen LogP contribution in [0.1, 0.15) is 20.7 Å². The fraction of sp³-hybridized carbons (Fsp3) is 0.100. The molecular weight excluding hydrogens is 294 g/mol. The van der Waals surface area contributed by atoms with Crippen molar-refractivity contribution in [3.8, 4) is 0 Å². The molecule has 0 saturated heterocycles. The van der Waals surface area contributed by atoms with Crippen molar-refractivity contribution in [3.05, 3.63) is 29.3 Å². The molecular formula is C10H8BrNO5. The van der Waals surface area contributed by atoms with Gasteiger partial charge < -0.3 is 15.5 Å². The molecule has 0 atom stereocenters. The van der Waals surface area contributed by atoms with Crippen LogP contribution in [0.2, 0.25) is 0 Å². The molecule has 1 rings (SSSR count). The van der Waals surface area contributed by atoms with E-state index in [1.165, 1.54) is 12.1 Å². The molecule has 0 aliphatic carbocycles. The van der Waals surface area contributed by atoms with E-state index in [1.807, 2.05) is 0 Å². The third-order valence-corrected chi connectivity index (χ3v) is 2.34. The Bertz CT molecular complexity index is 453. The van der Waals surface area contributed by atoms with Crippen molar-refractivity contribution in [2.45, 2.75) is 0 Å². The summed E-state index contributed by atoms with van der Waals surface area (Å²) in [5, 5.41) is 20.0. The zero-order valence-electron chi connectivity index (χ0n) is 8.44. The molecule has 1 amide bonds. The molecule has 3 N–H and O–H groups in total. The third kappa shape index (κ3) is 3.56. The molecule has 7 heteroatoms. The lowest BCUT2D eigenvalue weighted by Crippen LogP contribution is -2.14. The monoisotopic (exact) mass is 301 g/mol. The highest BCUT2D eigenvalue weighted by atomic mass is 79.9. The molecule has 17 heavy (non-hydrogen) atoms. The first-order valence-corrected chi connectivity index (χ1v) is 5.53. The van der Waals surface area contributed by atoms with Gasteiger partial charge in [-0.15, -0.1) is 0 Å². The molecule has 6 nitrogen and oxygen atoms in total. The first kappa shape index (κ1) is 13.2. The standard InChI is InChI=1S/C10H8BrNO5/c11-4-8(13)12-7-2-5(9(14)15)1-6(3-7)10(16)17/h1-3H,4H2,(H,12,13)(H,14,15)(H,16,17). The van der Waals surface area contributed by atoms with Gasteiger partial charge in [0.25, 0.3) is 0 Å². The average Bonchev–Trinajstić information content (AvgIpc) is 2.28. The van der Waals surface area contributed by atoms with Gasteiger partial charge in [-0.25, -0.2) is 9.59 Å². The summed E-state index contributed by atoms with van der Waals surface area (Å²) in [6, 6.07) is 3.40.